The number of fused-ring (bicyclic) bond motifs is 1. The third-order valence-electron chi connectivity index (χ3n) is 3.26. The number of aromatic amines is 1. The average Bonchev–Trinajstić information content (AvgIpc) is 2.86. The number of hydrogen-bond donors (Lipinski definition) is 2. The number of hydrogen-bond acceptors (Lipinski definition) is 2. The Bertz CT molecular complexity index is 718. The molecule has 0 radical (unpaired) electrons. The van der Waals surface area contributed by atoms with Gasteiger partial charge in [-0.25, -0.2) is 4.39 Å². The van der Waals surface area contributed by atoms with Crippen LogP contribution in [0.3, 0.4) is 0 Å². The number of halogens is 1. The van der Waals surface area contributed by atoms with Crippen LogP contribution in [0.4, 0.5) is 10.1 Å². The van der Waals surface area contributed by atoms with Crippen molar-refractivity contribution >= 4 is 16.6 Å². The second-order valence-electron chi connectivity index (χ2n) is 4.56. The molecule has 0 spiro atoms. The van der Waals surface area contributed by atoms with Crippen LogP contribution in [-0.2, 0) is 6.54 Å². The topological polar surface area (TPSA) is 40.7 Å². The standard InChI is InChI=1S/C15H14FN3/c1-10-7-12(16)6-5-11(10)8-17-14-3-2-4-15-13(14)9-18-19-15/h2-7,9,17H,8H2,1H3,(H,18,19). The van der Waals surface area contributed by atoms with Crippen molar-refractivity contribution in [3.8, 4) is 0 Å². The lowest BCUT2D eigenvalue weighted by atomic mass is 10.1. The fourth-order valence-corrected chi connectivity index (χ4v) is 2.17. The van der Waals surface area contributed by atoms with Gasteiger partial charge in [-0.3, -0.25) is 5.10 Å². The molecular formula is C15H14FN3. The fraction of sp³-hybridized carbons (Fsp3) is 0.133. The summed E-state index contributed by atoms with van der Waals surface area (Å²) in [6.07, 6.45) is 1.80. The SMILES string of the molecule is Cc1cc(F)ccc1CNc1cccc2[nH]ncc12. The fourth-order valence-electron chi connectivity index (χ4n) is 2.17. The number of anilines is 1. The second kappa shape index (κ2) is 4.72. The number of nitrogens with zero attached hydrogens (tertiary/aromatic N) is 1. The average molecular weight is 255 g/mol. The molecule has 1 heterocycles. The summed E-state index contributed by atoms with van der Waals surface area (Å²) in [6.45, 7) is 2.58. The van der Waals surface area contributed by atoms with E-state index in [0.29, 0.717) is 6.54 Å². The summed E-state index contributed by atoms with van der Waals surface area (Å²) in [5, 5.41) is 11.4. The van der Waals surface area contributed by atoms with E-state index in [-0.39, 0.29) is 5.82 Å². The predicted octanol–water partition coefficient (Wildman–Crippen LogP) is 3.62. The Morgan fingerprint density at radius 2 is 2.16 bits per heavy atom. The summed E-state index contributed by atoms with van der Waals surface area (Å²) in [4.78, 5) is 0. The molecule has 3 nitrogen and oxygen atoms in total. The van der Waals surface area contributed by atoms with E-state index < -0.39 is 0 Å². The zero-order valence-electron chi connectivity index (χ0n) is 10.6. The van der Waals surface area contributed by atoms with E-state index in [9.17, 15) is 4.39 Å². The Labute approximate surface area is 110 Å². The Hall–Kier alpha value is -2.36. The van der Waals surface area contributed by atoms with Gasteiger partial charge in [0.05, 0.1) is 11.7 Å². The van der Waals surface area contributed by atoms with Crippen LogP contribution in [0.5, 0.6) is 0 Å². The summed E-state index contributed by atoms with van der Waals surface area (Å²) in [5.41, 5.74) is 4.06. The molecule has 2 aromatic carbocycles. The maximum Gasteiger partial charge on any atom is 0.123 e. The van der Waals surface area contributed by atoms with Crippen molar-refractivity contribution in [2.45, 2.75) is 13.5 Å². The zero-order valence-corrected chi connectivity index (χ0v) is 10.6. The Morgan fingerprint density at radius 1 is 1.26 bits per heavy atom. The van der Waals surface area contributed by atoms with Gasteiger partial charge < -0.3 is 5.32 Å². The molecule has 0 amide bonds. The lowest BCUT2D eigenvalue weighted by Gasteiger charge is -2.10. The summed E-state index contributed by atoms with van der Waals surface area (Å²) < 4.78 is 13.0. The lowest BCUT2D eigenvalue weighted by molar-refractivity contribution is 0.625. The first-order valence-corrected chi connectivity index (χ1v) is 6.15. The second-order valence-corrected chi connectivity index (χ2v) is 4.56. The van der Waals surface area contributed by atoms with Gasteiger partial charge in [0.1, 0.15) is 5.82 Å². The van der Waals surface area contributed by atoms with E-state index in [4.69, 9.17) is 0 Å². The van der Waals surface area contributed by atoms with Crippen LogP contribution in [0.1, 0.15) is 11.1 Å². The molecule has 0 atom stereocenters. The first kappa shape index (κ1) is 11.7. The highest BCUT2D eigenvalue weighted by atomic mass is 19.1. The highest BCUT2D eigenvalue weighted by Crippen LogP contribution is 2.22. The van der Waals surface area contributed by atoms with Crippen LogP contribution in [0, 0.1) is 12.7 Å². The highest BCUT2D eigenvalue weighted by molar-refractivity contribution is 5.90. The molecule has 0 aliphatic carbocycles. The highest BCUT2D eigenvalue weighted by Gasteiger charge is 2.04. The number of benzene rings is 2. The maximum absolute atomic E-state index is 13.0. The Kier molecular flexibility index (Phi) is 2.91. The van der Waals surface area contributed by atoms with Crippen LogP contribution < -0.4 is 5.32 Å². The number of aromatic nitrogens is 2. The molecule has 0 unspecified atom stereocenters. The van der Waals surface area contributed by atoms with Crippen molar-refractivity contribution < 1.29 is 4.39 Å². The monoisotopic (exact) mass is 255 g/mol. The van der Waals surface area contributed by atoms with E-state index in [1.165, 1.54) is 6.07 Å². The molecule has 1 aromatic heterocycles. The van der Waals surface area contributed by atoms with Crippen molar-refractivity contribution in [3.05, 3.63) is 59.5 Å². The first-order chi connectivity index (χ1) is 9.24. The van der Waals surface area contributed by atoms with Crippen LogP contribution in [-0.4, -0.2) is 10.2 Å². The van der Waals surface area contributed by atoms with Gasteiger partial charge >= 0.3 is 0 Å². The van der Waals surface area contributed by atoms with E-state index in [1.54, 1.807) is 12.3 Å². The van der Waals surface area contributed by atoms with Crippen molar-refractivity contribution in [2.75, 3.05) is 5.32 Å². The Morgan fingerprint density at radius 3 is 3.00 bits per heavy atom. The van der Waals surface area contributed by atoms with Crippen molar-refractivity contribution in [1.82, 2.24) is 10.2 Å². The van der Waals surface area contributed by atoms with Gasteiger partial charge in [0.15, 0.2) is 0 Å². The van der Waals surface area contributed by atoms with Crippen molar-refractivity contribution in [1.29, 1.82) is 0 Å². The maximum atomic E-state index is 13.0. The van der Waals surface area contributed by atoms with E-state index >= 15 is 0 Å². The molecule has 3 aromatic rings. The van der Waals surface area contributed by atoms with Gasteiger partial charge in [0.2, 0.25) is 0 Å². The smallest absolute Gasteiger partial charge is 0.123 e. The zero-order chi connectivity index (χ0) is 13.2. The van der Waals surface area contributed by atoms with Crippen molar-refractivity contribution in [2.24, 2.45) is 0 Å². The molecule has 2 N–H and O–H groups in total. The minimum Gasteiger partial charge on any atom is -0.380 e. The van der Waals surface area contributed by atoms with E-state index in [2.05, 4.69) is 15.5 Å². The third-order valence-corrected chi connectivity index (χ3v) is 3.26. The summed E-state index contributed by atoms with van der Waals surface area (Å²) in [5.74, 6) is -0.196. The van der Waals surface area contributed by atoms with Crippen LogP contribution in [0.25, 0.3) is 10.9 Å². The number of nitrogens with one attached hydrogen (secondary N) is 2. The molecule has 0 aliphatic heterocycles. The quantitative estimate of drug-likeness (QED) is 0.750. The molecule has 0 fully saturated rings. The molecule has 0 aliphatic rings. The molecular weight excluding hydrogens is 241 g/mol. The van der Waals surface area contributed by atoms with Gasteiger partial charge in [-0.05, 0) is 42.3 Å². The predicted molar refractivity (Wildman–Crippen MR) is 74.6 cm³/mol. The van der Waals surface area contributed by atoms with Gasteiger partial charge in [0, 0.05) is 17.6 Å². The molecule has 0 saturated heterocycles. The first-order valence-electron chi connectivity index (χ1n) is 6.15. The van der Waals surface area contributed by atoms with Crippen LogP contribution >= 0.6 is 0 Å². The molecule has 19 heavy (non-hydrogen) atoms. The Balaban J connectivity index is 1.84. The number of rotatable bonds is 3. The van der Waals surface area contributed by atoms with Gasteiger partial charge in [-0.1, -0.05) is 12.1 Å². The molecule has 96 valence electrons. The van der Waals surface area contributed by atoms with E-state index in [1.807, 2.05) is 31.2 Å². The summed E-state index contributed by atoms with van der Waals surface area (Å²) in [6, 6.07) is 10.8. The lowest BCUT2D eigenvalue weighted by Crippen LogP contribution is -2.01. The summed E-state index contributed by atoms with van der Waals surface area (Å²) in [7, 11) is 0. The molecule has 3 rings (SSSR count). The van der Waals surface area contributed by atoms with Gasteiger partial charge in [-0.2, -0.15) is 5.10 Å². The van der Waals surface area contributed by atoms with Gasteiger partial charge in [0.25, 0.3) is 0 Å². The molecule has 4 heteroatoms. The number of aryl methyl sites for hydroxylation is 1. The van der Waals surface area contributed by atoms with Gasteiger partial charge in [-0.15, -0.1) is 0 Å². The third kappa shape index (κ3) is 2.29. The number of H-pyrrole nitrogens is 1. The van der Waals surface area contributed by atoms with Crippen LogP contribution in [0.15, 0.2) is 42.6 Å². The van der Waals surface area contributed by atoms with Crippen LogP contribution in [0.2, 0.25) is 0 Å². The largest absolute Gasteiger partial charge is 0.380 e. The molecule has 0 saturated carbocycles. The summed E-state index contributed by atoms with van der Waals surface area (Å²) >= 11 is 0. The van der Waals surface area contributed by atoms with Crippen molar-refractivity contribution in [3.63, 3.8) is 0 Å². The molecule has 0 bridgehead atoms. The minimum atomic E-state index is -0.196. The normalized spacial score (nSPS) is 10.8. The van der Waals surface area contributed by atoms with E-state index in [0.717, 1.165) is 27.7 Å². The minimum absolute atomic E-state index is 0.196.